The van der Waals surface area contributed by atoms with Gasteiger partial charge in [-0.05, 0) is 32.6 Å². The van der Waals surface area contributed by atoms with Gasteiger partial charge in [-0.25, -0.2) is 0 Å². The Morgan fingerprint density at radius 1 is 1.29 bits per heavy atom. The zero-order valence-electron chi connectivity index (χ0n) is 13.8. The molecule has 6 heteroatoms. The second-order valence-electron chi connectivity index (χ2n) is 6.99. The molecule has 0 aromatic carbocycles. The second kappa shape index (κ2) is 7.99. The van der Waals surface area contributed by atoms with Crippen molar-refractivity contribution in [2.75, 3.05) is 13.1 Å². The quantitative estimate of drug-likeness (QED) is 0.828. The van der Waals surface area contributed by atoms with Crippen LogP contribution >= 0.6 is 12.4 Å². The van der Waals surface area contributed by atoms with Gasteiger partial charge in [0, 0.05) is 24.5 Å². The molecule has 1 rings (SSSR count). The Hall–Kier alpha value is -0.810. The van der Waals surface area contributed by atoms with Crippen LogP contribution < -0.4 is 11.1 Å². The summed E-state index contributed by atoms with van der Waals surface area (Å²) >= 11 is 0. The van der Waals surface area contributed by atoms with Crippen molar-refractivity contribution in [3.8, 4) is 0 Å². The van der Waals surface area contributed by atoms with Gasteiger partial charge in [-0.2, -0.15) is 0 Å². The SMILES string of the molecule is CC(NC(=O)C(C)(C)C)C(=O)N1CCCC(C(C)N)C1.Cl. The summed E-state index contributed by atoms with van der Waals surface area (Å²) in [7, 11) is 0. The monoisotopic (exact) mass is 319 g/mol. The number of amides is 2. The van der Waals surface area contributed by atoms with E-state index in [4.69, 9.17) is 5.73 Å². The van der Waals surface area contributed by atoms with E-state index in [9.17, 15) is 9.59 Å². The Bertz CT molecular complexity index is 366. The highest BCUT2D eigenvalue weighted by atomic mass is 35.5. The van der Waals surface area contributed by atoms with Crippen LogP contribution in [0.4, 0.5) is 0 Å². The number of carbonyl (C=O) groups excluding carboxylic acids is 2. The summed E-state index contributed by atoms with van der Waals surface area (Å²) < 4.78 is 0. The maximum Gasteiger partial charge on any atom is 0.244 e. The van der Waals surface area contributed by atoms with Gasteiger partial charge in [-0.15, -0.1) is 12.4 Å². The van der Waals surface area contributed by atoms with Crippen LogP contribution in [0.3, 0.4) is 0 Å². The van der Waals surface area contributed by atoms with Gasteiger partial charge < -0.3 is 16.0 Å². The molecule has 1 aliphatic heterocycles. The van der Waals surface area contributed by atoms with E-state index in [-0.39, 0.29) is 30.3 Å². The van der Waals surface area contributed by atoms with Gasteiger partial charge in [0.05, 0.1) is 0 Å². The Labute approximate surface area is 134 Å². The van der Waals surface area contributed by atoms with Gasteiger partial charge >= 0.3 is 0 Å². The fourth-order valence-electron chi connectivity index (χ4n) is 2.39. The fraction of sp³-hybridized carbons (Fsp3) is 0.867. The molecule has 1 aliphatic rings. The fourth-order valence-corrected chi connectivity index (χ4v) is 2.39. The molecule has 0 saturated carbocycles. The van der Waals surface area contributed by atoms with E-state index in [1.165, 1.54) is 0 Å². The van der Waals surface area contributed by atoms with E-state index in [0.29, 0.717) is 12.5 Å². The van der Waals surface area contributed by atoms with Crippen LogP contribution in [0.5, 0.6) is 0 Å². The zero-order valence-corrected chi connectivity index (χ0v) is 14.6. The first kappa shape index (κ1) is 20.2. The van der Waals surface area contributed by atoms with Crippen molar-refractivity contribution in [1.82, 2.24) is 10.2 Å². The summed E-state index contributed by atoms with van der Waals surface area (Å²) in [6.45, 7) is 10.7. The average molecular weight is 320 g/mol. The third-order valence-electron chi connectivity index (χ3n) is 3.91. The average Bonchev–Trinajstić information content (AvgIpc) is 2.36. The summed E-state index contributed by atoms with van der Waals surface area (Å²) in [5.41, 5.74) is 5.45. The molecule has 2 amide bonds. The molecule has 0 bridgehead atoms. The van der Waals surface area contributed by atoms with Crippen LogP contribution in [0.2, 0.25) is 0 Å². The van der Waals surface area contributed by atoms with Gasteiger partial charge in [0.25, 0.3) is 0 Å². The summed E-state index contributed by atoms with van der Waals surface area (Å²) in [5.74, 6) is 0.255. The maximum atomic E-state index is 12.4. The standard InChI is InChI=1S/C15H29N3O2.ClH/c1-10(16)12-7-6-8-18(9-12)13(19)11(2)17-14(20)15(3,4)5;/h10-12H,6-9,16H2,1-5H3,(H,17,20);1H. The van der Waals surface area contributed by atoms with Gasteiger partial charge in [-0.1, -0.05) is 20.8 Å². The molecule has 0 aliphatic carbocycles. The first-order valence-corrected chi connectivity index (χ1v) is 7.48. The number of nitrogens with two attached hydrogens (primary N) is 1. The number of carbonyl (C=O) groups is 2. The third kappa shape index (κ3) is 5.83. The van der Waals surface area contributed by atoms with Crippen molar-refractivity contribution in [1.29, 1.82) is 0 Å². The van der Waals surface area contributed by atoms with Gasteiger partial charge in [0.15, 0.2) is 0 Å². The Morgan fingerprint density at radius 3 is 2.33 bits per heavy atom. The van der Waals surface area contributed by atoms with E-state index in [2.05, 4.69) is 5.32 Å². The van der Waals surface area contributed by atoms with Gasteiger partial charge in [0.2, 0.25) is 11.8 Å². The normalized spacial score (nSPS) is 22.0. The molecule has 1 saturated heterocycles. The molecule has 0 spiro atoms. The number of hydrogen-bond donors (Lipinski definition) is 2. The van der Waals surface area contributed by atoms with Crippen molar-refractivity contribution in [3.05, 3.63) is 0 Å². The van der Waals surface area contributed by atoms with E-state index in [1.807, 2.05) is 32.6 Å². The maximum absolute atomic E-state index is 12.4. The summed E-state index contributed by atoms with van der Waals surface area (Å²) in [4.78, 5) is 26.2. The van der Waals surface area contributed by atoms with Crippen molar-refractivity contribution in [3.63, 3.8) is 0 Å². The molecule has 0 aromatic heterocycles. The minimum atomic E-state index is -0.481. The molecule has 3 N–H and O–H groups in total. The predicted molar refractivity (Wildman–Crippen MR) is 87.3 cm³/mol. The summed E-state index contributed by atoms with van der Waals surface area (Å²) in [5, 5.41) is 2.80. The topological polar surface area (TPSA) is 75.4 Å². The third-order valence-corrected chi connectivity index (χ3v) is 3.91. The van der Waals surface area contributed by atoms with Crippen molar-refractivity contribution in [2.45, 2.75) is 59.5 Å². The highest BCUT2D eigenvalue weighted by Gasteiger charge is 2.30. The number of nitrogens with one attached hydrogen (secondary N) is 1. The second-order valence-corrected chi connectivity index (χ2v) is 6.99. The highest BCUT2D eigenvalue weighted by molar-refractivity contribution is 5.89. The zero-order chi connectivity index (χ0) is 15.5. The molecular weight excluding hydrogens is 290 g/mol. The van der Waals surface area contributed by atoms with E-state index < -0.39 is 11.5 Å². The van der Waals surface area contributed by atoms with Crippen molar-refractivity contribution < 1.29 is 9.59 Å². The molecule has 0 radical (unpaired) electrons. The number of hydrogen-bond acceptors (Lipinski definition) is 3. The largest absolute Gasteiger partial charge is 0.344 e. The van der Waals surface area contributed by atoms with Crippen molar-refractivity contribution >= 4 is 24.2 Å². The smallest absolute Gasteiger partial charge is 0.244 e. The van der Waals surface area contributed by atoms with Crippen LogP contribution in [0.25, 0.3) is 0 Å². The number of piperidine rings is 1. The van der Waals surface area contributed by atoms with Crippen LogP contribution in [0.15, 0.2) is 0 Å². The van der Waals surface area contributed by atoms with E-state index >= 15 is 0 Å². The lowest BCUT2D eigenvalue weighted by atomic mass is 9.91. The lowest BCUT2D eigenvalue weighted by Crippen LogP contribution is -2.53. The minimum absolute atomic E-state index is 0. The Morgan fingerprint density at radius 2 is 1.86 bits per heavy atom. The van der Waals surface area contributed by atoms with Crippen LogP contribution in [-0.4, -0.2) is 41.9 Å². The molecule has 3 atom stereocenters. The predicted octanol–water partition coefficient (Wildman–Crippen LogP) is 1.54. The molecular formula is C15H30ClN3O2. The van der Waals surface area contributed by atoms with Gasteiger partial charge in [0.1, 0.15) is 6.04 Å². The molecule has 5 nitrogen and oxygen atoms in total. The molecule has 1 fully saturated rings. The number of rotatable bonds is 3. The summed E-state index contributed by atoms with van der Waals surface area (Å²) in [6.07, 6.45) is 2.06. The van der Waals surface area contributed by atoms with E-state index in [1.54, 1.807) is 6.92 Å². The number of nitrogens with zero attached hydrogens (tertiary/aromatic N) is 1. The van der Waals surface area contributed by atoms with Crippen LogP contribution in [-0.2, 0) is 9.59 Å². The Balaban J connectivity index is 0.00000400. The van der Waals surface area contributed by atoms with E-state index in [0.717, 1.165) is 19.4 Å². The number of likely N-dealkylation sites (tertiary alicyclic amines) is 1. The minimum Gasteiger partial charge on any atom is -0.344 e. The molecule has 3 unspecified atom stereocenters. The number of halogens is 1. The lowest BCUT2D eigenvalue weighted by Gasteiger charge is -2.36. The first-order valence-electron chi connectivity index (χ1n) is 7.48. The molecule has 1 heterocycles. The molecule has 0 aromatic rings. The Kier molecular flexibility index (Phi) is 7.68. The first-order chi connectivity index (χ1) is 9.12. The van der Waals surface area contributed by atoms with Crippen molar-refractivity contribution in [2.24, 2.45) is 17.1 Å². The highest BCUT2D eigenvalue weighted by Crippen LogP contribution is 2.20. The van der Waals surface area contributed by atoms with Crippen LogP contribution in [0.1, 0.15) is 47.5 Å². The summed E-state index contributed by atoms with van der Waals surface area (Å²) in [6, 6.07) is -0.376. The molecule has 21 heavy (non-hydrogen) atoms. The van der Waals surface area contributed by atoms with Gasteiger partial charge in [-0.3, -0.25) is 9.59 Å². The molecule has 124 valence electrons. The lowest BCUT2D eigenvalue weighted by molar-refractivity contribution is -0.139. The van der Waals surface area contributed by atoms with Crippen LogP contribution in [0, 0.1) is 11.3 Å².